The van der Waals surface area contributed by atoms with Crippen LogP contribution in [0.1, 0.15) is 35.4 Å². The lowest BCUT2D eigenvalue weighted by atomic mass is 9.99. The number of carboxylic acids is 1. The molecular formula is C27H29NO6S2. The molecule has 7 nitrogen and oxygen atoms in total. The lowest BCUT2D eigenvalue weighted by molar-refractivity contribution is -0.137. The molecule has 36 heavy (non-hydrogen) atoms. The fraction of sp³-hybridized carbons (Fsp3) is 0.333. The SMILES string of the molecule is Cc1cc(OCCCS(C)(=O)=O)ccc1-c1cccc(COc2cc3c(cn2)[C@H](CC(=O)O)CS3)c1. The first-order valence-corrected chi connectivity index (χ1v) is 14.7. The van der Waals surface area contributed by atoms with Crippen molar-refractivity contribution in [3.8, 4) is 22.8 Å². The van der Waals surface area contributed by atoms with Crippen LogP contribution >= 0.6 is 11.8 Å². The molecule has 0 bridgehead atoms. The molecule has 3 aromatic rings. The number of aromatic nitrogens is 1. The topological polar surface area (TPSA) is 103 Å². The summed E-state index contributed by atoms with van der Waals surface area (Å²) >= 11 is 1.64. The average Bonchev–Trinajstić information content (AvgIpc) is 3.21. The maximum absolute atomic E-state index is 11.3. The second kappa shape index (κ2) is 11.3. The molecule has 1 N–H and O–H groups in total. The minimum absolute atomic E-state index is 0.00625. The molecular weight excluding hydrogens is 498 g/mol. The summed E-state index contributed by atoms with van der Waals surface area (Å²) in [6.07, 6.45) is 3.54. The highest BCUT2D eigenvalue weighted by atomic mass is 32.2. The summed E-state index contributed by atoms with van der Waals surface area (Å²) in [6, 6.07) is 15.9. The maximum atomic E-state index is 11.3. The van der Waals surface area contributed by atoms with E-state index in [-0.39, 0.29) is 18.1 Å². The summed E-state index contributed by atoms with van der Waals surface area (Å²) < 4.78 is 34.2. The van der Waals surface area contributed by atoms with Gasteiger partial charge in [0, 0.05) is 35.1 Å². The highest BCUT2D eigenvalue weighted by Crippen LogP contribution is 2.42. The van der Waals surface area contributed by atoms with Crippen LogP contribution in [0.2, 0.25) is 0 Å². The molecule has 1 aliphatic heterocycles. The van der Waals surface area contributed by atoms with Crippen molar-refractivity contribution in [3.63, 3.8) is 0 Å². The van der Waals surface area contributed by atoms with Crippen molar-refractivity contribution in [2.24, 2.45) is 0 Å². The third kappa shape index (κ3) is 7.01. The number of carbonyl (C=O) groups is 1. The standard InChI is InChI=1S/C27H29NO6S2/c1-18-11-22(33-9-4-10-36(2,31)32)7-8-23(18)20-6-3-5-19(12-20)16-34-26-14-25-24(15-28-26)21(17-35-25)13-27(29)30/h3,5-8,11-12,14-15,21H,4,9-10,13,16-17H2,1-2H3,(H,29,30)/t21-/m1/s1. The number of carboxylic acid groups (broad SMARTS) is 1. The van der Waals surface area contributed by atoms with Gasteiger partial charge in [0.15, 0.2) is 0 Å². The van der Waals surface area contributed by atoms with Crippen molar-refractivity contribution in [2.45, 2.75) is 37.2 Å². The Morgan fingerprint density at radius 2 is 2.00 bits per heavy atom. The first kappa shape index (κ1) is 26.0. The van der Waals surface area contributed by atoms with Crippen LogP contribution in [0.4, 0.5) is 0 Å². The third-order valence-corrected chi connectivity index (χ3v) is 8.19. The van der Waals surface area contributed by atoms with Crippen LogP contribution in [0.15, 0.2) is 59.6 Å². The maximum Gasteiger partial charge on any atom is 0.303 e. The largest absolute Gasteiger partial charge is 0.494 e. The van der Waals surface area contributed by atoms with E-state index in [0.29, 0.717) is 25.5 Å². The number of aliphatic carboxylic acids is 1. The zero-order valence-electron chi connectivity index (χ0n) is 20.3. The highest BCUT2D eigenvalue weighted by molar-refractivity contribution is 7.99. The Morgan fingerprint density at radius 1 is 1.17 bits per heavy atom. The van der Waals surface area contributed by atoms with Crippen molar-refractivity contribution in [2.75, 3.05) is 24.4 Å². The Morgan fingerprint density at radius 3 is 2.75 bits per heavy atom. The van der Waals surface area contributed by atoms with E-state index >= 15 is 0 Å². The Balaban J connectivity index is 1.37. The molecule has 2 aromatic carbocycles. The number of pyridine rings is 1. The first-order valence-electron chi connectivity index (χ1n) is 11.7. The minimum atomic E-state index is -2.98. The molecule has 1 aliphatic rings. The molecule has 4 rings (SSSR count). The molecule has 1 aromatic heterocycles. The van der Waals surface area contributed by atoms with Gasteiger partial charge in [0.25, 0.3) is 0 Å². The lowest BCUT2D eigenvalue weighted by Crippen LogP contribution is -2.08. The van der Waals surface area contributed by atoms with Crippen molar-refractivity contribution < 1.29 is 27.8 Å². The smallest absolute Gasteiger partial charge is 0.303 e. The third-order valence-electron chi connectivity index (χ3n) is 5.92. The van der Waals surface area contributed by atoms with Gasteiger partial charge in [0.1, 0.15) is 22.2 Å². The van der Waals surface area contributed by atoms with Crippen molar-refractivity contribution in [1.29, 1.82) is 0 Å². The van der Waals surface area contributed by atoms with E-state index < -0.39 is 15.8 Å². The number of ether oxygens (including phenoxy) is 2. The molecule has 0 amide bonds. The fourth-order valence-electron chi connectivity index (χ4n) is 4.15. The summed E-state index contributed by atoms with van der Waals surface area (Å²) in [5.41, 5.74) is 5.19. The highest BCUT2D eigenvalue weighted by Gasteiger charge is 2.26. The predicted octanol–water partition coefficient (Wildman–Crippen LogP) is 5.11. The molecule has 9 heteroatoms. The monoisotopic (exact) mass is 527 g/mol. The normalized spacial score (nSPS) is 14.9. The van der Waals surface area contributed by atoms with Gasteiger partial charge >= 0.3 is 5.97 Å². The number of aryl methyl sites for hydroxylation is 1. The summed E-state index contributed by atoms with van der Waals surface area (Å²) in [4.78, 5) is 16.5. The van der Waals surface area contributed by atoms with Gasteiger partial charge < -0.3 is 14.6 Å². The lowest BCUT2D eigenvalue weighted by Gasteiger charge is -2.12. The summed E-state index contributed by atoms with van der Waals surface area (Å²) in [5.74, 6) is 1.30. The van der Waals surface area contributed by atoms with Gasteiger partial charge in [0.05, 0.1) is 18.8 Å². The van der Waals surface area contributed by atoms with Gasteiger partial charge in [-0.2, -0.15) is 0 Å². The number of thioether (sulfide) groups is 1. The van der Waals surface area contributed by atoms with Crippen molar-refractivity contribution in [1.82, 2.24) is 4.98 Å². The molecule has 0 aliphatic carbocycles. The van der Waals surface area contributed by atoms with Gasteiger partial charge in [0.2, 0.25) is 5.88 Å². The molecule has 0 spiro atoms. The zero-order chi connectivity index (χ0) is 25.7. The molecule has 0 saturated heterocycles. The molecule has 0 radical (unpaired) electrons. The second-order valence-corrected chi connectivity index (χ2v) is 12.3. The molecule has 0 fully saturated rings. The number of nitrogens with zero attached hydrogens (tertiary/aromatic N) is 1. The van der Waals surface area contributed by atoms with Crippen molar-refractivity contribution in [3.05, 3.63) is 71.4 Å². The predicted molar refractivity (Wildman–Crippen MR) is 141 cm³/mol. The van der Waals surface area contributed by atoms with Crippen LogP contribution in [0.3, 0.4) is 0 Å². The number of hydrogen-bond acceptors (Lipinski definition) is 7. The number of hydrogen-bond donors (Lipinski definition) is 1. The van der Waals surface area contributed by atoms with Gasteiger partial charge in [-0.3, -0.25) is 4.79 Å². The van der Waals surface area contributed by atoms with Gasteiger partial charge in [-0.05, 0) is 59.4 Å². The second-order valence-electron chi connectivity index (χ2n) is 8.96. The number of fused-ring (bicyclic) bond motifs is 1. The first-order chi connectivity index (χ1) is 17.2. The van der Waals surface area contributed by atoms with Gasteiger partial charge in [-0.25, -0.2) is 13.4 Å². The van der Waals surface area contributed by atoms with Crippen LogP contribution < -0.4 is 9.47 Å². The van der Waals surface area contributed by atoms with E-state index in [0.717, 1.165) is 44.2 Å². The van der Waals surface area contributed by atoms with Gasteiger partial charge in [-0.15, -0.1) is 11.8 Å². The van der Waals surface area contributed by atoms with Gasteiger partial charge in [-0.1, -0.05) is 24.3 Å². The summed E-state index contributed by atoms with van der Waals surface area (Å²) in [5, 5.41) is 9.09. The van der Waals surface area contributed by atoms with Crippen molar-refractivity contribution >= 4 is 27.6 Å². The Labute approximate surface area is 215 Å². The Kier molecular flexibility index (Phi) is 8.21. The molecule has 2 heterocycles. The zero-order valence-corrected chi connectivity index (χ0v) is 21.9. The minimum Gasteiger partial charge on any atom is -0.494 e. The number of rotatable bonds is 11. The van der Waals surface area contributed by atoms with E-state index in [1.807, 2.05) is 49.4 Å². The van der Waals surface area contributed by atoms with Crippen LogP contribution in [-0.2, 0) is 21.2 Å². The quantitative estimate of drug-likeness (QED) is 0.343. The van der Waals surface area contributed by atoms with Crippen LogP contribution in [0.25, 0.3) is 11.1 Å². The number of benzene rings is 2. The van der Waals surface area contributed by atoms with E-state index in [4.69, 9.17) is 14.6 Å². The Hall–Kier alpha value is -3.04. The average molecular weight is 528 g/mol. The van der Waals surface area contributed by atoms with Crippen LogP contribution in [0.5, 0.6) is 11.6 Å². The molecule has 0 unspecified atom stereocenters. The van der Waals surface area contributed by atoms with Crippen LogP contribution in [-0.4, -0.2) is 48.8 Å². The summed E-state index contributed by atoms with van der Waals surface area (Å²) in [6.45, 7) is 2.74. The number of sulfone groups is 1. The van der Waals surface area contributed by atoms with E-state index in [1.165, 1.54) is 6.26 Å². The molecule has 1 atom stereocenters. The van der Waals surface area contributed by atoms with E-state index in [2.05, 4.69) is 11.1 Å². The van der Waals surface area contributed by atoms with E-state index in [9.17, 15) is 13.2 Å². The van der Waals surface area contributed by atoms with Crippen LogP contribution in [0, 0.1) is 6.92 Å². The van der Waals surface area contributed by atoms with E-state index in [1.54, 1.807) is 18.0 Å². The molecule has 190 valence electrons. The summed E-state index contributed by atoms with van der Waals surface area (Å²) in [7, 11) is -2.98. The molecule has 0 saturated carbocycles. The Bertz CT molecular complexity index is 1360. The fourth-order valence-corrected chi connectivity index (χ4v) is 6.04.